The first kappa shape index (κ1) is 17.4. The third-order valence-corrected chi connectivity index (χ3v) is 5.70. The van der Waals surface area contributed by atoms with Gasteiger partial charge in [0, 0.05) is 16.2 Å². The summed E-state index contributed by atoms with van der Waals surface area (Å²) < 4.78 is 41.2. The lowest BCUT2D eigenvalue weighted by Gasteiger charge is -2.22. The fourth-order valence-corrected chi connectivity index (χ4v) is 3.87. The number of halogens is 2. The average molecular weight is 367 g/mol. The number of anilines is 1. The number of nitrogens with one attached hydrogen (secondary N) is 1. The van der Waals surface area contributed by atoms with E-state index >= 15 is 0 Å². The predicted octanol–water partition coefficient (Wildman–Crippen LogP) is 3.27. The van der Waals surface area contributed by atoms with Crippen molar-refractivity contribution in [2.45, 2.75) is 44.6 Å². The molecule has 0 bridgehead atoms. The molecule has 0 heterocycles. The van der Waals surface area contributed by atoms with Crippen LogP contribution in [-0.4, -0.2) is 14.5 Å². The molecule has 4 nitrogen and oxygen atoms in total. The van der Waals surface area contributed by atoms with Gasteiger partial charge in [-0.15, -0.1) is 0 Å². The molecule has 0 aliphatic rings. The zero-order valence-electron chi connectivity index (χ0n) is 11.8. The third-order valence-electron chi connectivity index (χ3n) is 3.44. The Morgan fingerprint density at radius 3 is 2.40 bits per heavy atom. The minimum atomic E-state index is -3.92. The second-order valence-corrected chi connectivity index (χ2v) is 7.33. The lowest BCUT2D eigenvalue weighted by atomic mass is 9.96. The molecule has 1 unspecified atom stereocenters. The van der Waals surface area contributed by atoms with Crippen LogP contribution >= 0.6 is 15.9 Å². The van der Waals surface area contributed by atoms with Crippen molar-refractivity contribution in [3.63, 3.8) is 0 Å². The fraction of sp³-hybridized carbons (Fsp3) is 0.538. The van der Waals surface area contributed by atoms with Crippen LogP contribution < -0.4 is 10.5 Å². The van der Waals surface area contributed by atoms with Gasteiger partial charge in [0.1, 0.15) is 10.7 Å². The van der Waals surface area contributed by atoms with Crippen LogP contribution in [0, 0.1) is 11.7 Å². The van der Waals surface area contributed by atoms with Gasteiger partial charge in [0.2, 0.25) is 10.0 Å². The first-order valence-corrected chi connectivity index (χ1v) is 8.77. The number of sulfonamides is 1. The van der Waals surface area contributed by atoms with Crippen LogP contribution in [-0.2, 0) is 10.0 Å². The molecular formula is C13H20BrFN2O2S. The number of nitrogen functional groups attached to an aromatic ring is 1. The number of hydrogen-bond acceptors (Lipinski definition) is 3. The zero-order chi connectivity index (χ0) is 15.5. The number of benzene rings is 1. The van der Waals surface area contributed by atoms with Gasteiger partial charge in [-0.25, -0.2) is 17.5 Å². The Kier molecular flexibility index (Phi) is 5.97. The van der Waals surface area contributed by atoms with Crippen LogP contribution in [0.4, 0.5) is 10.1 Å². The van der Waals surface area contributed by atoms with E-state index < -0.39 is 20.7 Å². The fourth-order valence-electron chi connectivity index (χ4n) is 2.15. The summed E-state index contributed by atoms with van der Waals surface area (Å²) in [4.78, 5) is -0.420. The molecule has 0 aliphatic heterocycles. The van der Waals surface area contributed by atoms with Gasteiger partial charge in [0.25, 0.3) is 0 Å². The number of nitrogens with two attached hydrogens (primary N) is 1. The Balaban J connectivity index is 3.09. The van der Waals surface area contributed by atoms with Crippen LogP contribution in [0.25, 0.3) is 0 Å². The highest BCUT2D eigenvalue weighted by Gasteiger charge is 2.25. The lowest BCUT2D eigenvalue weighted by molar-refractivity contribution is 0.390. The maximum atomic E-state index is 13.8. The highest BCUT2D eigenvalue weighted by molar-refractivity contribution is 9.10. The molecule has 0 saturated carbocycles. The summed E-state index contributed by atoms with van der Waals surface area (Å²) in [5.41, 5.74) is 5.81. The largest absolute Gasteiger partial charge is 0.398 e. The van der Waals surface area contributed by atoms with Gasteiger partial charge in [-0.2, -0.15) is 0 Å². The first-order chi connectivity index (χ1) is 9.22. The topological polar surface area (TPSA) is 72.2 Å². The van der Waals surface area contributed by atoms with Gasteiger partial charge >= 0.3 is 0 Å². The van der Waals surface area contributed by atoms with Crippen molar-refractivity contribution in [2.75, 3.05) is 5.73 Å². The van der Waals surface area contributed by atoms with Gasteiger partial charge < -0.3 is 5.73 Å². The van der Waals surface area contributed by atoms with E-state index in [1.165, 1.54) is 0 Å². The normalized spacial score (nSPS) is 13.7. The molecule has 0 amide bonds. The quantitative estimate of drug-likeness (QED) is 0.758. The molecule has 1 atom stereocenters. The summed E-state index contributed by atoms with van der Waals surface area (Å²) in [6.45, 7) is 5.78. The van der Waals surface area contributed by atoms with E-state index in [0.29, 0.717) is 4.47 Å². The SMILES string of the molecule is CCC(CC)C(C)NS(=O)(=O)c1cc(N)c(Br)cc1F. The van der Waals surface area contributed by atoms with E-state index in [-0.39, 0.29) is 17.6 Å². The molecule has 0 aliphatic carbocycles. The molecule has 20 heavy (non-hydrogen) atoms. The zero-order valence-corrected chi connectivity index (χ0v) is 14.2. The Bertz CT molecular complexity index is 574. The molecule has 0 spiro atoms. The van der Waals surface area contributed by atoms with Crippen LogP contribution in [0.2, 0.25) is 0 Å². The van der Waals surface area contributed by atoms with Crippen LogP contribution in [0.1, 0.15) is 33.6 Å². The van der Waals surface area contributed by atoms with Crippen molar-refractivity contribution < 1.29 is 12.8 Å². The second kappa shape index (κ2) is 6.87. The molecule has 0 aromatic heterocycles. The monoisotopic (exact) mass is 366 g/mol. The van der Waals surface area contributed by atoms with Gasteiger partial charge in [0.05, 0.1) is 0 Å². The summed E-state index contributed by atoms with van der Waals surface area (Å²) in [7, 11) is -3.92. The van der Waals surface area contributed by atoms with Crippen molar-refractivity contribution in [3.8, 4) is 0 Å². The Labute approximate surface area is 128 Å². The molecule has 3 N–H and O–H groups in total. The minimum absolute atomic E-state index is 0.182. The van der Waals surface area contributed by atoms with Crippen molar-refractivity contribution >= 4 is 31.6 Å². The van der Waals surface area contributed by atoms with Crippen LogP contribution in [0.5, 0.6) is 0 Å². The molecule has 1 rings (SSSR count). The van der Waals surface area contributed by atoms with Crippen molar-refractivity contribution in [1.29, 1.82) is 0 Å². The van der Waals surface area contributed by atoms with Gasteiger partial charge in [0.15, 0.2) is 0 Å². The lowest BCUT2D eigenvalue weighted by Crippen LogP contribution is -2.38. The van der Waals surface area contributed by atoms with E-state index in [1.807, 2.05) is 13.8 Å². The van der Waals surface area contributed by atoms with Gasteiger partial charge in [-0.1, -0.05) is 26.7 Å². The summed E-state index contributed by atoms with van der Waals surface area (Å²) >= 11 is 3.06. The Hall–Kier alpha value is -0.660. The van der Waals surface area contributed by atoms with E-state index in [0.717, 1.165) is 25.0 Å². The number of rotatable bonds is 6. The van der Waals surface area contributed by atoms with Crippen LogP contribution in [0.3, 0.4) is 0 Å². The van der Waals surface area contributed by atoms with Crippen molar-refractivity contribution in [1.82, 2.24) is 4.72 Å². The molecule has 0 radical (unpaired) electrons. The first-order valence-electron chi connectivity index (χ1n) is 6.49. The Morgan fingerprint density at radius 2 is 1.90 bits per heavy atom. The summed E-state index contributed by atoms with van der Waals surface area (Å²) in [5, 5.41) is 0. The van der Waals surface area contributed by atoms with Gasteiger partial charge in [-0.3, -0.25) is 0 Å². The third kappa shape index (κ3) is 3.93. The maximum Gasteiger partial charge on any atom is 0.243 e. The van der Waals surface area contributed by atoms with Crippen molar-refractivity contribution in [2.24, 2.45) is 5.92 Å². The molecule has 0 saturated heterocycles. The molecule has 1 aromatic carbocycles. The van der Waals surface area contributed by atoms with Crippen molar-refractivity contribution in [3.05, 3.63) is 22.4 Å². The molecule has 114 valence electrons. The molecule has 0 fully saturated rings. The second-order valence-electron chi connectivity index (χ2n) is 4.79. The highest BCUT2D eigenvalue weighted by atomic mass is 79.9. The molecule has 7 heteroatoms. The molecular weight excluding hydrogens is 347 g/mol. The summed E-state index contributed by atoms with van der Waals surface area (Å²) in [6.07, 6.45) is 1.70. The van der Waals surface area contributed by atoms with Crippen LogP contribution in [0.15, 0.2) is 21.5 Å². The van der Waals surface area contributed by atoms with E-state index in [4.69, 9.17) is 5.73 Å². The minimum Gasteiger partial charge on any atom is -0.398 e. The van der Waals surface area contributed by atoms with E-state index in [2.05, 4.69) is 20.7 Å². The maximum absolute atomic E-state index is 13.8. The highest BCUT2D eigenvalue weighted by Crippen LogP contribution is 2.26. The molecule has 1 aromatic rings. The van der Waals surface area contributed by atoms with E-state index in [1.54, 1.807) is 6.92 Å². The average Bonchev–Trinajstić information content (AvgIpc) is 2.34. The standard InChI is InChI=1S/C13H20BrFN2O2S/c1-4-9(5-2)8(3)17-20(18,19)13-7-12(16)10(14)6-11(13)15/h6-9,17H,4-5,16H2,1-3H3. The predicted molar refractivity (Wildman–Crippen MR) is 82.4 cm³/mol. The summed E-state index contributed by atoms with van der Waals surface area (Å²) in [5.74, 6) is -0.615. The summed E-state index contributed by atoms with van der Waals surface area (Å²) in [6, 6.07) is 1.92. The van der Waals surface area contributed by atoms with E-state index in [9.17, 15) is 12.8 Å². The smallest absolute Gasteiger partial charge is 0.243 e. The van der Waals surface area contributed by atoms with Gasteiger partial charge in [-0.05, 0) is 40.9 Å². The number of hydrogen-bond donors (Lipinski definition) is 2. The Morgan fingerprint density at radius 1 is 1.35 bits per heavy atom.